The third-order valence-electron chi connectivity index (χ3n) is 7.32. The summed E-state index contributed by atoms with van der Waals surface area (Å²) in [6.45, 7) is 4.89. The number of alkyl halides is 3. The Morgan fingerprint density at radius 2 is 1.76 bits per heavy atom. The SMILES string of the molecule is Fc1ccc(Cl)c(-c2nnc(N[C@H]3C[C@@H]4CN(CC5CCOCC5)C[C@@H]4C3)cc2C(F)(F)F)c1. The van der Waals surface area contributed by atoms with Crippen LogP contribution in [-0.4, -0.2) is 54.0 Å². The van der Waals surface area contributed by atoms with Crippen LogP contribution in [0.3, 0.4) is 0 Å². The summed E-state index contributed by atoms with van der Waals surface area (Å²) in [5, 5.41) is 10.9. The number of nitrogens with zero attached hydrogens (tertiary/aromatic N) is 3. The summed E-state index contributed by atoms with van der Waals surface area (Å²) in [5.74, 6) is 1.16. The fourth-order valence-electron chi connectivity index (χ4n) is 5.72. The largest absolute Gasteiger partial charge is 0.418 e. The van der Waals surface area contributed by atoms with Gasteiger partial charge in [-0.05, 0) is 67.7 Å². The molecule has 1 aromatic carbocycles. The standard InChI is InChI=1S/C24H27ClF4N4O/c25-21-2-1-17(26)9-19(21)23-20(24(27,28)29)10-22(31-32-23)30-18-7-15-12-33(13-16(15)8-18)11-14-3-5-34-6-4-14/h1-2,9-10,14-16,18H,3-8,11-13H2,(H,30,31)/t15-,16+,18+. The van der Waals surface area contributed by atoms with Crippen molar-refractivity contribution in [1.82, 2.24) is 15.1 Å². The zero-order chi connectivity index (χ0) is 23.9. The molecule has 3 fully saturated rings. The second-order valence-electron chi connectivity index (χ2n) is 9.72. The third kappa shape index (κ3) is 5.16. The molecule has 1 aromatic heterocycles. The number of aromatic nitrogens is 2. The molecule has 1 aliphatic carbocycles. The zero-order valence-corrected chi connectivity index (χ0v) is 19.4. The molecule has 10 heteroatoms. The maximum absolute atomic E-state index is 13.8. The highest BCUT2D eigenvalue weighted by molar-refractivity contribution is 6.33. The maximum Gasteiger partial charge on any atom is 0.418 e. The van der Waals surface area contributed by atoms with Crippen LogP contribution in [0.4, 0.5) is 23.4 Å². The lowest BCUT2D eigenvalue weighted by Gasteiger charge is -2.27. The predicted octanol–water partition coefficient (Wildman–Crippen LogP) is 5.50. The van der Waals surface area contributed by atoms with E-state index in [1.807, 2.05) is 0 Å². The Kier molecular flexibility index (Phi) is 6.70. The van der Waals surface area contributed by atoms with Crippen LogP contribution in [0.1, 0.15) is 31.2 Å². The van der Waals surface area contributed by atoms with Crippen molar-refractivity contribution in [2.24, 2.45) is 17.8 Å². The Bertz CT molecular complexity index is 1020. The molecule has 0 unspecified atom stereocenters. The molecule has 2 aromatic rings. The van der Waals surface area contributed by atoms with Gasteiger partial charge >= 0.3 is 6.18 Å². The molecule has 0 radical (unpaired) electrons. The van der Waals surface area contributed by atoms with Gasteiger partial charge in [-0.1, -0.05) is 11.6 Å². The second kappa shape index (κ2) is 9.59. The van der Waals surface area contributed by atoms with E-state index in [0.29, 0.717) is 17.8 Å². The van der Waals surface area contributed by atoms with Crippen molar-refractivity contribution in [3.8, 4) is 11.3 Å². The predicted molar refractivity (Wildman–Crippen MR) is 121 cm³/mol. The Morgan fingerprint density at radius 3 is 2.44 bits per heavy atom. The van der Waals surface area contributed by atoms with Crippen LogP contribution >= 0.6 is 11.6 Å². The highest BCUT2D eigenvalue weighted by Gasteiger charge is 2.42. The average Bonchev–Trinajstić information content (AvgIpc) is 3.33. The number of ether oxygens (including phenoxy) is 1. The first-order chi connectivity index (χ1) is 16.3. The summed E-state index contributed by atoms with van der Waals surface area (Å²) >= 11 is 6.03. The van der Waals surface area contributed by atoms with Crippen LogP contribution in [0.2, 0.25) is 5.02 Å². The van der Waals surface area contributed by atoms with Crippen molar-refractivity contribution in [3.63, 3.8) is 0 Å². The normalized spacial score (nSPS) is 26.1. The lowest BCUT2D eigenvalue weighted by Crippen LogP contribution is -2.32. The van der Waals surface area contributed by atoms with Crippen LogP contribution in [0.5, 0.6) is 0 Å². The van der Waals surface area contributed by atoms with Gasteiger partial charge in [-0.3, -0.25) is 0 Å². The van der Waals surface area contributed by atoms with E-state index < -0.39 is 23.3 Å². The molecule has 0 spiro atoms. The van der Waals surface area contributed by atoms with Crippen LogP contribution in [-0.2, 0) is 10.9 Å². The number of hydrogen-bond donors (Lipinski definition) is 1. The summed E-state index contributed by atoms with van der Waals surface area (Å²) in [4.78, 5) is 2.54. The molecular weight excluding hydrogens is 472 g/mol. The van der Waals surface area contributed by atoms with Gasteiger partial charge < -0.3 is 15.0 Å². The monoisotopic (exact) mass is 498 g/mol. The fourth-order valence-corrected chi connectivity index (χ4v) is 5.93. The minimum Gasteiger partial charge on any atom is -0.381 e. The van der Waals surface area contributed by atoms with Gasteiger partial charge in [0.15, 0.2) is 0 Å². The number of likely N-dealkylation sites (tertiary alicyclic amines) is 1. The van der Waals surface area contributed by atoms with Gasteiger partial charge in [0, 0.05) is 44.5 Å². The van der Waals surface area contributed by atoms with E-state index in [2.05, 4.69) is 20.4 Å². The lowest BCUT2D eigenvalue weighted by molar-refractivity contribution is -0.137. The van der Waals surface area contributed by atoms with Crippen LogP contribution in [0, 0.1) is 23.6 Å². The van der Waals surface area contributed by atoms with Gasteiger partial charge in [-0.2, -0.15) is 13.2 Å². The zero-order valence-electron chi connectivity index (χ0n) is 18.6. The van der Waals surface area contributed by atoms with Crippen molar-refractivity contribution >= 4 is 17.4 Å². The second-order valence-corrected chi connectivity index (χ2v) is 10.1. The summed E-state index contributed by atoms with van der Waals surface area (Å²) in [7, 11) is 0. The van der Waals surface area contributed by atoms with E-state index in [-0.39, 0.29) is 22.4 Å². The first-order valence-electron chi connectivity index (χ1n) is 11.7. The highest BCUT2D eigenvalue weighted by Crippen LogP contribution is 2.42. The Balaban J connectivity index is 1.26. The number of rotatable bonds is 5. The molecule has 0 amide bonds. The van der Waals surface area contributed by atoms with E-state index in [0.717, 1.165) is 76.7 Å². The van der Waals surface area contributed by atoms with Crippen molar-refractivity contribution in [2.75, 3.05) is 38.2 Å². The average molecular weight is 499 g/mol. The smallest absolute Gasteiger partial charge is 0.381 e. The van der Waals surface area contributed by atoms with Crippen molar-refractivity contribution < 1.29 is 22.3 Å². The third-order valence-corrected chi connectivity index (χ3v) is 7.65. The van der Waals surface area contributed by atoms with Gasteiger partial charge in [-0.15, -0.1) is 10.2 Å². The highest BCUT2D eigenvalue weighted by atomic mass is 35.5. The summed E-state index contributed by atoms with van der Waals surface area (Å²) in [6.07, 6.45) is -0.654. The van der Waals surface area contributed by atoms with Gasteiger partial charge in [0.1, 0.15) is 17.3 Å². The molecule has 184 valence electrons. The number of benzene rings is 1. The van der Waals surface area contributed by atoms with Gasteiger partial charge in [0.05, 0.1) is 10.6 Å². The van der Waals surface area contributed by atoms with Crippen molar-refractivity contribution in [1.29, 1.82) is 0 Å². The van der Waals surface area contributed by atoms with E-state index in [1.165, 1.54) is 6.07 Å². The van der Waals surface area contributed by atoms with E-state index in [1.54, 1.807) is 0 Å². The van der Waals surface area contributed by atoms with Crippen LogP contribution < -0.4 is 5.32 Å². The minimum absolute atomic E-state index is 0.0177. The van der Waals surface area contributed by atoms with Crippen LogP contribution in [0.15, 0.2) is 24.3 Å². The minimum atomic E-state index is -4.69. The fraction of sp³-hybridized carbons (Fsp3) is 0.583. The van der Waals surface area contributed by atoms with Gasteiger partial charge in [-0.25, -0.2) is 4.39 Å². The summed E-state index contributed by atoms with van der Waals surface area (Å²) < 4.78 is 60.6. The maximum atomic E-state index is 13.8. The molecule has 34 heavy (non-hydrogen) atoms. The Labute approximate surface area is 200 Å². The van der Waals surface area contributed by atoms with E-state index >= 15 is 0 Å². The number of fused-ring (bicyclic) bond motifs is 1. The number of nitrogens with one attached hydrogen (secondary N) is 1. The van der Waals surface area contributed by atoms with E-state index in [4.69, 9.17) is 16.3 Å². The lowest BCUT2D eigenvalue weighted by atomic mass is 10.00. The molecule has 5 rings (SSSR count). The number of halogens is 5. The van der Waals surface area contributed by atoms with Crippen molar-refractivity contribution in [2.45, 2.75) is 37.9 Å². The molecule has 3 atom stereocenters. The van der Waals surface area contributed by atoms with Crippen molar-refractivity contribution in [3.05, 3.63) is 40.7 Å². The molecular formula is C24H27ClF4N4O. The first kappa shape index (κ1) is 23.8. The Morgan fingerprint density at radius 1 is 1.06 bits per heavy atom. The molecule has 0 bridgehead atoms. The molecule has 1 N–H and O–H groups in total. The Hall–Kier alpha value is -1.97. The topological polar surface area (TPSA) is 50.3 Å². The van der Waals surface area contributed by atoms with Crippen LogP contribution in [0.25, 0.3) is 11.3 Å². The number of hydrogen-bond acceptors (Lipinski definition) is 5. The molecule has 5 nitrogen and oxygen atoms in total. The molecule has 3 aliphatic rings. The molecule has 3 heterocycles. The van der Waals surface area contributed by atoms with E-state index in [9.17, 15) is 17.6 Å². The first-order valence-corrected chi connectivity index (χ1v) is 12.1. The van der Waals surface area contributed by atoms with Gasteiger partial charge in [0.25, 0.3) is 0 Å². The summed E-state index contributed by atoms with van der Waals surface area (Å²) in [6, 6.07) is 4.25. The summed E-state index contributed by atoms with van der Waals surface area (Å²) in [5.41, 5.74) is -1.60. The number of anilines is 1. The molecule has 1 saturated carbocycles. The molecule has 2 saturated heterocycles. The molecule has 2 aliphatic heterocycles. The quantitative estimate of drug-likeness (QED) is 0.551. The van der Waals surface area contributed by atoms with Gasteiger partial charge in [0.2, 0.25) is 0 Å².